The van der Waals surface area contributed by atoms with Crippen molar-refractivity contribution in [1.82, 2.24) is 0 Å². The van der Waals surface area contributed by atoms with E-state index in [4.69, 9.17) is 17.7 Å². The van der Waals surface area contributed by atoms with Gasteiger partial charge in [-0.05, 0) is 257 Å². The summed E-state index contributed by atoms with van der Waals surface area (Å²) in [4.78, 5) is 9.77. The standard InChI is InChI=1S/C136H94N4O4/c1-5-27-91-35-21-51-107-111-55-25-59-123(135(111)143-131(91)107)138(102-46-18-42-98(80-102)86-33-11-8-12-34-86)118-74-66-88-64-72-116-120(76-68-90-62-70-114(118)126(88)128(90)116)140(124-60-26-56-112-108-52-22-36-92(28-6-2)132(108)144-136(112)124)104-48-20-44-100(82-104)96-40-16-38-94(78-96)93-37-15-39-95(77-93)99-43-19-47-103(81-99)139(122-58-24-54-110-106-50-14-30-84(4)130(106)142-134(110)122)119-75-67-89-61-69-113-117(73-65-87-63-71-115(119)127(89)125(87)113)137(101-45-17-41-97(79-101)85-31-9-7-10-32-85)121-57-23-53-109-105-49-13-29-83(3)129(105)141-133(109)121/h7-26,29-82H,5-6,27-28H2,1-4H3. The number of rotatable bonds is 21. The number of benzene rings is 24. The molecule has 28 rings (SSSR count). The zero-order valence-electron chi connectivity index (χ0n) is 80.0. The van der Waals surface area contributed by atoms with Crippen molar-refractivity contribution in [2.75, 3.05) is 19.6 Å². The van der Waals surface area contributed by atoms with Crippen molar-refractivity contribution in [3.8, 4) is 55.6 Å². The van der Waals surface area contributed by atoms with Crippen molar-refractivity contribution in [3.05, 3.63) is 471 Å². The first-order valence-corrected chi connectivity index (χ1v) is 50.2. The second-order valence-corrected chi connectivity index (χ2v) is 38.6. The number of anilines is 12. The SMILES string of the molecule is CCCc1cccc2c1oc1c(N(c3cccc(-c4ccccc4)c3)c3ccc4ccc5c(N(c6cccc(-c7cccc(-c8cccc(-c9cccc(N(c%10ccc%11ccc%12c(N(c%13cccc(-c%14ccccc%14)c%13)c%13cccc%14c%13oc%13c(C)cccc%13%14)ccc%13ccc%10c%11c%13%12)c%10cccc%11c%10oc%10c(C)cccc%10%11)c9)c8)c7)c6)c6cccc7c6oc6c(CCC)cccc67)ccc6ccc3c4c65)cccc12. The van der Waals surface area contributed by atoms with Gasteiger partial charge in [-0.3, -0.25) is 0 Å². The molecule has 4 aromatic heterocycles. The molecule has 682 valence electrons. The molecule has 0 saturated carbocycles. The fraction of sp³-hybridized carbons (Fsp3) is 0.0588. The van der Waals surface area contributed by atoms with E-state index in [1.807, 2.05) is 0 Å². The molecule has 8 heteroatoms. The van der Waals surface area contributed by atoms with E-state index in [1.54, 1.807) is 0 Å². The van der Waals surface area contributed by atoms with Gasteiger partial charge in [0, 0.05) is 87.4 Å². The van der Waals surface area contributed by atoms with Crippen LogP contribution in [0.1, 0.15) is 48.9 Å². The summed E-state index contributed by atoms with van der Waals surface area (Å²) >= 11 is 0. The number of hydrogen-bond donors (Lipinski definition) is 0. The second-order valence-electron chi connectivity index (χ2n) is 38.6. The first-order valence-electron chi connectivity index (χ1n) is 50.2. The Labute approximate surface area is 832 Å². The fourth-order valence-corrected chi connectivity index (χ4v) is 23.5. The maximum Gasteiger partial charge on any atom is 0.159 e. The van der Waals surface area contributed by atoms with Crippen LogP contribution in [-0.2, 0) is 12.8 Å². The molecule has 0 radical (unpaired) electrons. The van der Waals surface area contributed by atoms with Gasteiger partial charge in [-0.15, -0.1) is 0 Å². The molecule has 0 bridgehead atoms. The van der Waals surface area contributed by atoms with Gasteiger partial charge in [0.2, 0.25) is 0 Å². The minimum absolute atomic E-state index is 0.815. The largest absolute Gasteiger partial charge is 0.454 e. The van der Waals surface area contributed by atoms with Gasteiger partial charge in [-0.2, -0.15) is 0 Å². The number of hydrogen-bond acceptors (Lipinski definition) is 8. The van der Waals surface area contributed by atoms with E-state index in [-0.39, 0.29) is 0 Å². The van der Waals surface area contributed by atoms with Crippen LogP contribution in [0.5, 0.6) is 0 Å². The van der Waals surface area contributed by atoms with E-state index >= 15 is 0 Å². The summed E-state index contributed by atoms with van der Waals surface area (Å²) < 4.78 is 29.0. The molecule has 0 unspecified atom stereocenters. The van der Waals surface area contributed by atoms with E-state index in [9.17, 15) is 0 Å². The van der Waals surface area contributed by atoms with Crippen LogP contribution in [0.15, 0.2) is 467 Å². The topological polar surface area (TPSA) is 65.5 Å². The smallest absolute Gasteiger partial charge is 0.159 e. The van der Waals surface area contributed by atoms with E-state index in [0.29, 0.717) is 0 Å². The molecule has 0 aliphatic carbocycles. The Kier molecular flexibility index (Phi) is 19.7. The summed E-state index contributed by atoms with van der Waals surface area (Å²) in [6, 6.07) is 166. The van der Waals surface area contributed by atoms with Gasteiger partial charge in [-0.25, -0.2) is 0 Å². The van der Waals surface area contributed by atoms with Gasteiger partial charge >= 0.3 is 0 Å². The van der Waals surface area contributed by atoms with Gasteiger partial charge in [0.05, 0.1) is 45.5 Å². The highest BCUT2D eigenvalue weighted by Crippen LogP contribution is 2.56. The predicted molar refractivity (Wildman–Crippen MR) is 606 cm³/mol. The monoisotopic (exact) mass is 1850 g/mol. The molecular formula is C136H94N4O4. The summed E-state index contributed by atoms with van der Waals surface area (Å²) in [5.41, 5.74) is 34.6. The number of fused-ring (bicyclic) bond motifs is 12. The molecule has 28 aromatic rings. The molecule has 0 fully saturated rings. The maximum atomic E-state index is 7.39. The minimum atomic E-state index is 0.815. The first kappa shape index (κ1) is 83.9. The minimum Gasteiger partial charge on any atom is -0.454 e. The van der Waals surface area contributed by atoms with Gasteiger partial charge in [0.15, 0.2) is 22.3 Å². The lowest BCUT2D eigenvalue weighted by atomic mass is 9.91. The molecule has 4 heterocycles. The molecule has 24 aromatic carbocycles. The Morgan fingerprint density at radius 3 is 0.681 bits per heavy atom. The number of aryl methyl sites for hydroxylation is 4. The Morgan fingerprint density at radius 2 is 0.389 bits per heavy atom. The van der Waals surface area contributed by atoms with Crippen LogP contribution in [0.4, 0.5) is 68.2 Å². The molecule has 0 aliphatic rings. The molecule has 0 saturated heterocycles. The Bertz CT molecular complexity index is 10000. The van der Waals surface area contributed by atoms with Crippen molar-refractivity contribution in [2.45, 2.75) is 53.4 Å². The van der Waals surface area contributed by atoms with Gasteiger partial charge in [0.1, 0.15) is 22.3 Å². The third-order valence-corrected chi connectivity index (χ3v) is 30.1. The summed E-state index contributed by atoms with van der Waals surface area (Å²) in [5.74, 6) is 0. The van der Waals surface area contributed by atoms with Crippen LogP contribution in [0, 0.1) is 13.8 Å². The van der Waals surface area contributed by atoms with Crippen molar-refractivity contribution in [3.63, 3.8) is 0 Å². The highest BCUT2D eigenvalue weighted by Gasteiger charge is 2.32. The van der Waals surface area contributed by atoms with Crippen molar-refractivity contribution >= 4 is 221 Å². The van der Waals surface area contributed by atoms with Gasteiger partial charge in [0.25, 0.3) is 0 Å². The van der Waals surface area contributed by atoms with E-state index in [2.05, 4.69) is 496 Å². The molecule has 0 spiro atoms. The van der Waals surface area contributed by atoms with E-state index in [1.165, 1.54) is 32.7 Å². The molecule has 8 nitrogen and oxygen atoms in total. The first-order chi connectivity index (χ1) is 71.1. The van der Waals surface area contributed by atoms with Crippen LogP contribution < -0.4 is 19.6 Å². The van der Waals surface area contributed by atoms with Crippen molar-refractivity contribution in [1.29, 1.82) is 0 Å². The lowest BCUT2D eigenvalue weighted by molar-refractivity contribution is 0.661. The number of nitrogens with zero attached hydrogens (tertiary/aromatic N) is 4. The molecule has 0 atom stereocenters. The molecule has 0 amide bonds. The zero-order chi connectivity index (χ0) is 95.5. The zero-order valence-corrected chi connectivity index (χ0v) is 80.0. The van der Waals surface area contributed by atoms with Crippen LogP contribution in [-0.4, -0.2) is 0 Å². The second kappa shape index (κ2) is 33.8. The van der Waals surface area contributed by atoms with Gasteiger partial charge in [-0.1, -0.05) is 366 Å². The van der Waals surface area contributed by atoms with Crippen LogP contribution >= 0.6 is 0 Å². The summed E-state index contributed by atoms with van der Waals surface area (Å²) in [6.45, 7) is 8.76. The van der Waals surface area contributed by atoms with Crippen LogP contribution in [0.3, 0.4) is 0 Å². The highest BCUT2D eigenvalue weighted by atomic mass is 16.3. The van der Waals surface area contributed by atoms with Crippen LogP contribution in [0.25, 0.3) is 208 Å². The third-order valence-electron chi connectivity index (χ3n) is 30.1. The predicted octanol–water partition coefficient (Wildman–Crippen LogP) is 39.8. The maximum absolute atomic E-state index is 7.39. The average molecular weight is 1850 g/mol. The fourth-order valence-electron chi connectivity index (χ4n) is 23.5. The lowest BCUT2D eigenvalue weighted by Gasteiger charge is -2.29. The normalized spacial score (nSPS) is 12.0. The van der Waals surface area contributed by atoms with Crippen molar-refractivity contribution < 1.29 is 17.7 Å². The summed E-state index contributed by atoms with van der Waals surface area (Å²) in [6.07, 6.45) is 3.84. The number of furan rings is 4. The van der Waals surface area contributed by atoms with Crippen molar-refractivity contribution in [2.24, 2.45) is 0 Å². The summed E-state index contributed by atoms with van der Waals surface area (Å²) in [7, 11) is 0. The van der Waals surface area contributed by atoms with Crippen LogP contribution in [0.2, 0.25) is 0 Å². The highest BCUT2D eigenvalue weighted by molar-refractivity contribution is 6.31. The quantitative estimate of drug-likeness (QED) is 0.0660. The number of para-hydroxylation sites is 8. The Morgan fingerprint density at radius 1 is 0.167 bits per heavy atom. The molecule has 0 N–H and O–H groups in total. The average Bonchev–Trinajstić information content (AvgIpc) is 0.975. The van der Waals surface area contributed by atoms with Gasteiger partial charge < -0.3 is 37.3 Å². The van der Waals surface area contributed by atoms with E-state index in [0.717, 1.165) is 292 Å². The lowest BCUT2D eigenvalue weighted by Crippen LogP contribution is -2.12. The Balaban J connectivity index is 0.571. The third kappa shape index (κ3) is 13.5. The van der Waals surface area contributed by atoms with E-state index < -0.39 is 0 Å². The molecular weight excluding hydrogens is 1750 g/mol. The molecule has 144 heavy (non-hydrogen) atoms. The summed E-state index contributed by atoms with van der Waals surface area (Å²) in [5, 5.41) is 22.5. The Hall–Kier alpha value is -18.2. The molecule has 0 aliphatic heterocycles.